The van der Waals surface area contributed by atoms with E-state index in [0.717, 1.165) is 24.3 Å². The highest BCUT2D eigenvalue weighted by molar-refractivity contribution is 5.23. The Morgan fingerprint density at radius 3 is 1.86 bits per heavy atom. The predicted octanol–water partition coefficient (Wildman–Crippen LogP) is 1.68. The molecule has 1 N–H and O–H groups in total. The van der Waals surface area contributed by atoms with Crippen molar-refractivity contribution in [2.24, 2.45) is 0 Å². The number of fused-ring (bicyclic) bond motifs is 3. The SMILES string of the molecule is OC(c1ccc(F)cc1)(C(F)(F)F)[N+]12CCN(CC1)CC2. The fourth-order valence-electron chi connectivity index (χ4n) is 3.54. The molecule has 2 bridgehead atoms. The summed E-state index contributed by atoms with van der Waals surface area (Å²) in [7, 11) is 0. The lowest BCUT2D eigenvalue weighted by molar-refractivity contribution is -1.03. The largest absolute Gasteiger partial charge is 0.478 e. The van der Waals surface area contributed by atoms with Gasteiger partial charge in [0.1, 0.15) is 5.82 Å². The molecule has 1 aromatic carbocycles. The van der Waals surface area contributed by atoms with Crippen molar-refractivity contribution in [1.82, 2.24) is 4.90 Å². The smallest absolute Gasteiger partial charge is 0.332 e. The lowest BCUT2D eigenvalue weighted by Crippen LogP contribution is -2.77. The Morgan fingerprint density at radius 2 is 1.43 bits per heavy atom. The van der Waals surface area contributed by atoms with Gasteiger partial charge in [-0.1, -0.05) is 0 Å². The maximum absolute atomic E-state index is 13.8. The Morgan fingerprint density at radius 1 is 0.952 bits per heavy atom. The summed E-state index contributed by atoms with van der Waals surface area (Å²) < 4.78 is 53.9. The highest BCUT2D eigenvalue weighted by Gasteiger charge is 2.70. The molecule has 3 aliphatic heterocycles. The summed E-state index contributed by atoms with van der Waals surface area (Å²) in [6.45, 7) is 2.35. The van der Waals surface area contributed by atoms with Crippen molar-refractivity contribution < 1.29 is 27.2 Å². The summed E-state index contributed by atoms with van der Waals surface area (Å²) in [5, 5.41) is 10.7. The van der Waals surface area contributed by atoms with Crippen molar-refractivity contribution >= 4 is 0 Å². The molecule has 3 heterocycles. The summed E-state index contributed by atoms with van der Waals surface area (Å²) in [5.74, 6) is -0.619. The molecule has 1 atom stereocenters. The number of nitrogens with zero attached hydrogens (tertiary/aromatic N) is 2. The van der Waals surface area contributed by atoms with Gasteiger partial charge in [-0.15, -0.1) is 0 Å². The summed E-state index contributed by atoms with van der Waals surface area (Å²) in [5.41, 5.74) is -3.26. The van der Waals surface area contributed by atoms with Gasteiger partial charge < -0.3 is 5.11 Å². The van der Waals surface area contributed by atoms with E-state index in [-0.39, 0.29) is 25.2 Å². The molecule has 4 rings (SSSR count). The van der Waals surface area contributed by atoms with Crippen LogP contribution in [0.2, 0.25) is 0 Å². The second-order valence-corrected chi connectivity index (χ2v) is 5.83. The molecule has 0 spiro atoms. The molecule has 0 amide bonds. The van der Waals surface area contributed by atoms with Crippen LogP contribution in [-0.2, 0) is 5.72 Å². The molecule has 3 aliphatic rings. The van der Waals surface area contributed by atoms with Crippen molar-refractivity contribution in [3.8, 4) is 0 Å². The average molecular weight is 305 g/mol. The predicted molar refractivity (Wildman–Crippen MR) is 67.7 cm³/mol. The van der Waals surface area contributed by atoms with Crippen LogP contribution in [0.4, 0.5) is 17.6 Å². The molecule has 3 saturated heterocycles. The van der Waals surface area contributed by atoms with Crippen molar-refractivity contribution in [2.75, 3.05) is 39.3 Å². The maximum Gasteiger partial charge on any atom is 0.478 e. The number of piperazine rings is 3. The molecule has 7 heteroatoms. The van der Waals surface area contributed by atoms with E-state index in [9.17, 15) is 22.7 Å². The second-order valence-electron chi connectivity index (χ2n) is 5.83. The van der Waals surface area contributed by atoms with E-state index in [1.807, 2.05) is 0 Å². The van der Waals surface area contributed by atoms with E-state index in [0.29, 0.717) is 19.6 Å². The Balaban J connectivity index is 2.11. The molecule has 21 heavy (non-hydrogen) atoms. The van der Waals surface area contributed by atoms with Crippen LogP contribution in [0.1, 0.15) is 5.56 Å². The minimum atomic E-state index is -4.82. The summed E-state index contributed by atoms with van der Waals surface area (Å²) in [4.78, 5) is 2.10. The number of benzene rings is 1. The zero-order valence-electron chi connectivity index (χ0n) is 11.4. The first-order valence-corrected chi connectivity index (χ1v) is 6.92. The van der Waals surface area contributed by atoms with Crippen LogP contribution in [0, 0.1) is 5.82 Å². The summed E-state index contributed by atoms with van der Waals surface area (Å²) >= 11 is 0. The van der Waals surface area contributed by atoms with Gasteiger partial charge in [0.05, 0.1) is 25.2 Å². The van der Waals surface area contributed by atoms with Crippen LogP contribution in [0.25, 0.3) is 0 Å². The first-order chi connectivity index (χ1) is 9.78. The highest BCUT2D eigenvalue weighted by Crippen LogP contribution is 2.48. The van der Waals surface area contributed by atoms with Gasteiger partial charge in [0.15, 0.2) is 0 Å². The third-order valence-electron chi connectivity index (χ3n) is 4.86. The molecule has 1 unspecified atom stereocenters. The van der Waals surface area contributed by atoms with Crippen LogP contribution >= 0.6 is 0 Å². The average Bonchev–Trinajstić information content (AvgIpc) is 2.48. The highest BCUT2D eigenvalue weighted by atomic mass is 19.4. The van der Waals surface area contributed by atoms with E-state index in [1.54, 1.807) is 0 Å². The number of alkyl halides is 3. The van der Waals surface area contributed by atoms with Gasteiger partial charge in [0, 0.05) is 19.6 Å². The molecule has 0 aromatic heterocycles. The lowest BCUT2D eigenvalue weighted by Gasteiger charge is -2.57. The second kappa shape index (κ2) is 4.66. The van der Waals surface area contributed by atoms with Crippen LogP contribution < -0.4 is 0 Å². The van der Waals surface area contributed by atoms with E-state index in [1.165, 1.54) is 0 Å². The third kappa shape index (κ3) is 2.06. The molecular formula is C14H17F4N2O+. The van der Waals surface area contributed by atoms with Crippen LogP contribution in [-0.4, -0.2) is 59.9 Å². The molecule has 1 aromatic rings. The van der Waals surface area contributed by atoms with Gasteiger partial charge in [-0.05, 0) is 24.3 Å². The number of quaternary nitrogens is 1. The number of hydrogen-bond acceptors (Lipinski definition) is 2. The van der Waals surface area contributed by atoms with E-state index in [4.69, 9.17) is 0 Å². The molecule has 116 valence electrons. The fraction of sp³-hybridized carbons (Fsp3) is 0.571. The molecule has 3 fully saturated rings. The summed E-state index contributed by atoms with van der Waals surface area (Å²) in [6.07, 6.45) is -4.82. The Bertz CT molecular complexity index is 509. The minimum Gasteiger partial charge on any atom is -0.332 e. The monoisotopic (exact) mass is 305 g/mol. The first-order valence-electron chi connectivity index (χ1n) is 6.92. The first kappa shape index (κ1) is 14.7. The van der Waals surface area contributed by atoms with Gasteiger partial charge in [-0.2, -0.15) is 13.2 Å². The van der Waals surface area contributed by atoms with Crippen LogP contribution in [0.3, 0.4) is 0 Å². The van der Waals surface area contributed by atoms with E-state index in [2.05, 4.69) is 4.90 Å². The van der Waals surface area contributed by atoms with E-state index >= 15 is 0 Å². The molecule has 0 saturated carbocycles. The minimum absolute atomic E-state index is 0.243. The molecular weight excluding hydrogens is 288 g/mol. The Labute approximate surface area is 120 Å². The summed E-state index contributed by atoms with van der Waals surface area (Å²) in [6, 6.07) is 4.00. The number of halogens is 4. The topological polar surface area (TPSA) is 23.5 Å². The van der Waals surface area contributed by atoms with Gasteiger partial charge in [0.2, 0.25) is 0 Å². The van der Waals surface area contributed by atoms with E-state index < -0.39 is 22.2 Å². The number of rotatable bonds is 2. The molecule has 0 aliphatic carbocycles. The van der Waals surface area contributed by atoms with Gasteiger partial charge >= 0.3 is 11.9 Å². The Kier molecular flexibility index (Phi) is 3.27. The van der Waals surface area contributed by atoms with Gasteiger partial charge in [-0.25, -0.2) is 4.39 Å². The zero-order chi connectivity index (χ0) is 15.3. The number of hydrogen-bond donors (Lipinski definition) is 1. The Hall–Kier alpha value is -1.18. The van der Waals surface area contributed by atoms with Crippen LogP contribution in [0.15, 0.2) is 24.3 Å². The number of aliphatic hydroxyl groups is 1. The quantitative estimate of drug-likeness (QED) is 0.664. The van der Waals surface area contributed by atoms with Crippen LogP contribution in [0.5, 0.6) is 0 Å². The zero-order valence-corrected chi connectivity index (χ0v) is 11.4. The van der Waals surface area contributed by atoms with Crippen molar-refractivity contribution in [3.63, 3.8) is 0 Å². The normalized spacial score (nSPS) is 32.0. The third-order valence-corrected chi connectivity index (χ3v) is 4.86. The lowest BCUT2D eigenvalue weighted by atomic mass is 9.93. The standard InChI is InChI=1S/C14H17F4N2O/c15-12-3-1-11(2-4-12)13(21,14(16,17)18)20-8-5-19(6-9-20)7-10-20/h1-4,21H,5-10H2/q+1. The maximum atomic E-state index is 13.8. The molecule has 3 nitrogen and oxygen atoms in total. The van der Waals surface area contributed by atoms with Gasteiger partial charge in [-0.3, -0.25) is 9.38 Å². The molecule has 0 radical (unpaired) electrons. The van der Waals surface area contributed by atoms with Crippen molar-refractivity contribution in [2.45, 2.75) is 11.9 Å². The van der Waals surface area contributed by atoms with Gasteiger partial charge in [0.25, 0.3) is 0 Å². The van der Waals surface area contributed by atoms with Crippen molar-refractivity contribution in [1.29, 1.82) is 0 Å². The fourth-order valence-corrected chi connectivity index (χ4v) is 3.54. The van der Waals surface area contributed by atoms with Crippen molar-refractivity contribution in [3.05, 3.63) is 35.6 Å².